The fourth-order valence-electron chi connectivity index (χ4n) is 5.21. The van der Waals surface area contributed by atoms with E-state index in [0.717, 1.165) is 0 Å². The number of ether oxygens (including phenoxy) is 1. The van der Waals surface area contributed by atoms with Crippen LogP contribution in [0.15, 0.2) is 24.3 Å². The molecule has 0 bridgehead atoms. The van der Waals surface area contributed by atoms with Crippen LogP contribution in [0.4, 0.5) is 0 Å². The third kappa shape index (κ3) is 9.17. The van der Waals surface area contributed by atoms with Crippen molar-refractivity contribution in [2.45, 2.75) is 78.6 Å². The minimum atomic E-state index is -1.25. The second-order valence-corrected chi connectivity index (χ2v) is 12.2. The lowest BCUT2D eigenvalue weighted by Crippen LogP contribution is -2.58. The standard InChI is InChI=1S/C31H46N6O7/c1-18(2)26-30(42)35-27(19(3)4)29(41)32-20(5)17-44-24-11-8-7-10-22(24)28(40)33-23(16-25(39)34-26)31(43)37-13-9-12-36(14-15-37)21(6)38/h7-8,10-11,18-20,23,26-27H,9,12-17H2,1-6H3,(H,32,41)(H,33,40)(H,34,39)(H,35,42)/t20-,23-,26-,27+/m0/s1. The number of para-hydroxylation sites is 1. The molecule has 2 aliphatic heterocycles. The maximum atomic E-state index is 13.8. The third-order valence-electron chi connectivity index (χ3n) is 7.77. The molecular formula is C31H46N6O7. The number of carbonyl (C=O) groups excluding carboxylic acids is 6. The number of nitrogens with one attached hydrogen (secondary N) is 4. The quantitative estimate of drug-likeness (QED) is 0.383. The normalized spacial score (nSPS) is 24.6. The van der Waals surface area contributed by atoms with Crippen molar-refractivity contribution in [1.82, 2.24) is 31.1 Å². The Morgan fingerprint density at radius 1 is 0.818 bits per heavy atom. The molecule has 2 aliphatic rings. The molecule has 1 aromatic rings. The van der Waals surface area contributed by atoms with Gasteiger partial charge in [0.05, 0.1) is 18.0 Å². The molecule has 0 radical (unpaired) electrons. The van der Waals surface area contributed by atoms with Gasteiger partial charge in [-0.15, -0.1) is 0 Å². The van der Waals surface area contributed by atoms with Crippen LogP contribution in [0.1, 0.15) is 64.7 Å². The van der Waals surface area contributed by atoms with E-state index in [0.29, 0.717) is 26.1 Å². The van der Waals surface area contributed by atoms with E-state index < -0.39 is 60.1 Å². The molecule has 4 atom stereocenters. The van der Waals surface area contributed by atoms with Crippen LogP contribution in [0.5, 0.6) is 5.75 Å². The van der Waals surface area contributed by atoms with Gasteiger partial charge in [0.2, 0.25) is 29.5 Å². The van der Waals surface area contributed by atoms with Crippen molar-refractivity contribution in [3.63, 3.8) is 0 Å². The minimum Gasteiger partial charge on any atom is -0.491 e. The molecule has 1 saturated heterocycles. The number of carbonyl (C=O) groups is 6. The summed E-state index contributed by atoms with van der Waals surface area (Å²) in [5.41, 5.74) is 0.157. The zero-order chi connectivity index (χ0) is 32.6. The summed E-state index contributed by atoms with van der Waals surface area (Å²) in [5.74, 6) is -3.09. The molecule has 0 saturated carbocycles. The number of amides is 6. The average Bonchev–Trinajstić information content (AvgIpc) is 3.22. The van der Waals surface area contributed by atoms with Gasteiger partial charge in [-0.3, -0.25) is 28.8 Å². The van der Waals surface area contributed by atoms with Gasteiger partial charge in [0, 0.05) is 33.1 Å². The van der Waals surface area contributed by atoms with Gasteiger partial charge in [0.1, 0.15) is 30.5 Å². The summed E-state index contributed by atoms with van der Waals surface area (Å²) in [6, 6.07) is 2.91. The summed E-state index contributed by atoms with van der Waals surface area (Å²) in [6.07, 6.45) is 0.120. The van der Waals surface area contributed by atoms with E-state index in [1.165, 1.54) is 6.92 Å². The summed E-state index contributed by atoms with van der Waals surface area (Å²) in [7, 11) is 0. The van der Waals surface area contributed by atoms with Crippen LogP contribution in [0, 0.1) is 11.8 Å². The highest BCUT2D eigenvalue weighted by Crippen LogP contribution is 2.19. The summed E-state index contributed by atoms with van der Waals surface area (Å²) >= 11 is 0. The second-order valence-electron chi connectivity index (χ2n) is 12.2. The summed E-state index contributed by atoms with van der Waals surface area (Å²) in [6.45, 7) is 11.8. The van der Waals surface area contributed by atoms with Crippen molar-refractivity contribution in [1.29, 1.82) is 0 Å². The Bertz CT molecular complexity index is 1240. The number of fused-ring (bicyclic) bond motifs is 1. The Morgan fingerprint density at radius 2 is 1.41 bits per heavy atom. The predicted molar refractivity (Wildman–Crippen MR) is 162 cm³/mol. The highest BCUT2D eigenvalue weighted by molar-refractivity contribution is 6.01. The molecule has 242 valence electrons. The second kappa shape index (κ2) is 15.5. The SMILES string of the molecule is CC(=O)N1CCCN(C(=O)[C@@H]2CC(=O)N[C@@H](C(C)C)C(=O)N[C@H](C(C)C)C(=O)N[C@@H](C)COc3ccccc3C(=O)N2)CC1. The van der Waals surface area contributed by atoms with Crippen LogP contribution >= 0.6 is 0 Å². The molecule has 0 aliphatic carbocycles. The molecule has 6 amide bonds. The van der Waals surface area contributed by atoms with Crippen molar-refractivity contribution >= 4 is 35.4 Å². The number of rotatable bonds is 3. The molecule has 0 unspecified atom stereocenters. The van der Waals surface area contributed by atoms with Crippen molar-refractivity contribution in [3.05, 3.63) is 29.8 Å². The van der Waals surface area contributed by atoms with E-state index in [-0.39, 0.29) is 42.2 Å². The molecule has 1 fully saturated rings. The van der Waals surface area contributed by atoms with Crippen molar-refractivity contribution < 1.29 is 33.5 Å². The highest BCUT2D eigenvalue weighted by atomic mass is 16.5. The third-order valence-corrected chi connectivity index (χ3v) is 7.77. The van der Waals surface area contributed by atoms with Gasteiger partial charge in [-0.1, -0.05) is 39.8 Å². The molecule has 44 heavy (non-hydrogen) atoms. The zero-order valence-electron chi connectivity index (χ0n) is 26.5. The lowest BCUT2D eigenvalue weighted by molar-refractivity contribution is -0.137. The Balaban J connectivity index is 1.97. The smallest absolute Gasteiger partial charge is 0.255 e. The van der Waals surface area contributed by atoms with Gasteiger partial charge in [-0.2, -0.15) is 0 Å². The van der Waals surface area contributed by atoms with E-state index in [1.54, 1.807) is 68.7 Å². The molecule has 13 nitrogen and oxygen atoms in total. The summed E-state index contributed by atoms with van der Waals surface area (Å²) < 4.78 is 5.92. The van der Waals surface area contributed by atoms with Crippen LogP contribution in [-0.2, 0) is 24.0 Å². The van der Waals surface area contributed by atoms with Gasteiger partial charge in [-0.05, 0) is 37.3 Å². The van der Waals surface area contributed by atoms with Crippen molar-refractivity contribution in [3.8, 4) is 5.75 Å². The molecule has 0 aromatic heterocycles. The number of hydrogen-bond acceptors (Lipinski definition) is 7. The van der Waals surface area contributed by atoms with Gasteiger partial charge >= 0.3 is 0 Å². The van der Waals surface area contributed by atoms with Crippen LogP contribution in [-0.4, -0.2) is 102 Å². The van der Waals surface area contributed by atoms with Gasteiger partial charge in [0.15, 0.2) is 0 Å². The largest absolute Gasteiger partial charge is 0.491 e. The molecule has 4 N–H and O–H groups in total. The van der Waals surface area contributed by atoms with Gasteiger partial charge in [-0.25, -0.2) is 0 Å². The van der Waals surface area contributed by atoms with E-state index in [1.807, 2.05) is 0 Å². The Hall–Kier alpha value is -4.16. The molecule has 3 rings (SSSR count). The minimum absolute atomic E-state index is 0.0340. The van der Waals surface area contributed by atoms with E-state index >= 15 is 0 Å². The number of benzene rings is 1. The monoisotopic (exact) mass is 614 g/mol. The molecule has 13 heteroatoms. The predicted octanol–water partition coefficient (Wildman–Crippen LogP) is 0.435. The summed E-state index contributed by atoms with van der Waals surface area (Å²) in [5, 5.41) is 11.1. The number of nitrogens with zero attached hydrogens (tertiary/aromatic N) is 2. The average molecular weight is 615 g/mol. The van der Waals surface area contributed by atoms with Crippen molar-refractivity contribution in [2.24, 2.45) is 11.8 Å². The molecule has 1 aromatic carbocycles. The van der Waals surface area contributed by atoms with Crippen LogP contribution in [0.2, 0.25) is 0 Å². The van der Waals surface area contributed by atoms with Crippen LogP contribution in [0.3, 0.4) is 0 Å². The first-order chi connectivity index (χ1) is 20.8. The zero-order valence-corrected chi connectivity index (χ0v) is 26.5. The molecule has 0 spiro atoms. The maximum Gasteiger partial charge on any atom is 0.255 e. The lowest BCUT2D eigenvalue weighted by atomic mass is 9.99. The first-order valence-corrected chi connectivity index (χ1v) is 15.3. The van der Waals surface area contributed by atoms with Crippen molar-refractivity contribution in [2.75, 3.05) is 32.8 Å². The summed E-state index contributed by atoms with van der Waals surface area (Å²) in [4.78, 5) is 82.4. The first kappa shape index (κ1) is 34.3. The fraction of sp³-hybridized carbons (Fsp3) is 0.613. The van der Waals surface area contributed by atoms with E-state index in [2.05, 4.69) is 21.3 Å². The highest BCUT2D eigenvalue weighted by Gasteiger charge is 2.34. The fourth-order valence-corrected chi connectivity index (χ4v) is 5.21. The maximum absolute atomic E-state index is 13.8. The van der Waals surface area contributed by atoms with E-state index in [9.17, 15) is 28.8 Å². The van der Waals surface area contributed by atoms with Crippen LogP contribution in [0.25, 0.3) is 0 Å². The topological polar surface area (TPSA) is 166 Å². The first-order valence-electron chi connectivity index (χ1n) is 15.3. The van der Waals surface area contributed by atoms with E-state index in [4.69, 9.17) is 4.74 Å². The lowest BCUT2D eigenvalue weighted by Gasteiger charge is -2.29. The Morgan fingerprint density at radius 3 is 2.07 bits per heavy atom. The molecular weight excluding hydrogens is 568 g/mol. The molecule has 2 heterocycles. The van der Waals surface area contributed by atoms with Crippen LogP contribution < -0.4 is 26.0 Å². The Kier molecular flexibility index (Phi) is 12.1. The Labute approximate surface area is 258 Å². The van der Waals surface area contributed by atoms with Gasteiger partial charge < -0.3 is 35.8 Å². The number of hydrogen-bond donors (Lipinski definition) is 4. The van der Waals surface area contributed by atoms with Gasteiger partial charge in [0.25, 0.3) is 5.91 Å².